The molecule has 2 aromatic rings. The topological polar surface area (TPSA) is 130 Å². The van der Waals surface area contributed by atoms with E-state index in [9.17, 15) is 20.2 Å². The summed E-state index contributed by atoms with van der Waals surface area (Å²) in [5.74, 6) is 0. The number of aryl methyl sites for hydroxylation is 1. The molecule has 11 heteroatoms. The second-order valence-electron chi connectivity index (χ2n) is 3.75. The van der Waals surface area contributed by atoms with Crippen LogP contribution in [0.4, 0.5) is 11.4 Å². The SMILES string of the molecule is Cn1nnnc1[Se]Cc1cc([N+](=O)[O-])cc([N+](=O)[O-])c1. The van der Waals surface area contributed by atoms with E-state index in [0.29, 0.717) is 15.6 Å². The van der Waals surface area contributed by atoms with Crippen molar-refractivity contribution in [2.24, 2.45) is 7.05 Å². The van der Waals surface area contributed by atoms with E-state index in [1.54, 1.807) is 7.05 Å². The molecule has 10 nitrogen and oxygen atoms in total. The first-order chi connectivity index (χ1) is 9.47. The van der Waals surface area contributed by atoms with Gasteiger partial charge in [0, 0.05) is 0 Å². The van der Waals surface area contributed by atoms with Gasteiger partial charge < -0.3 is 0 Å². The summed E-state index contributed by atoms with van der Waals surface area (Å²) in [6, 6.07) is 3.61. The van der Waals surface area contributed by atoms with Gasteiger partial charge in [0.15, 0.2) is 0 Å². The van der Waals surface area contributed by atoms with Crippen LogP contribution in [0, 0.1) is 20.2 Å². The second-order valence-corrected chi connectivity index (χ2v) is 5.72. The van der Waals surface area contributed by atoms with E-state index in [1.165, 1.54) is 16.8 Å². The van der Waals surface area contributed by atoms with Gasteiger partial charge in [-0.15, -0.1) is 0 Å². The Hall–Kier alpha value is -2.39. The molecule has 1 heterocycles. The Balaban J connectivity index is 2.24. The van der Waals surface area contributed by atoms with Crippen LogP contribution in [0.25, 0.3) is 0 Å². The van der Waals surface area contributed by atoms with Crippen LogP contribution >= 0.6 is 0 Å². The summed E-state index contributed by atoms with van der Waals surface area (Å²) in [4.78, 5) is 20.2. The zero-order chi connectivity index (χ0) is 14.7. The normalized spacial score (nSPS) is 10.4. The molecule has 0 spiro atoms. The fourth-order valence-electron chi connectivity index (χ4n) is 1.44. The van der Waals surface area contributed by atoms with Crippen molar-refractivity contribution in [3.8, 4) is 0 Å². The van der Waals surface area contributed by atoms with Gasteiger partial charge in [-0.1, -0.05) is 0 Å². The molecule has 0 atom stereocenters. The molecule has 104 valence electrons. The molecule has 0 N–H and O–H groups in total. The first kappa shape index (κ1) is 14.0. The number of tetrazole rings is 1. The minimum absolute atomic E-state index is 0.165. The summed E-state index contributed by atoms with van der Waals surface area (Å²) in [5.41, 5.74) is -0.0592. The molecular formula is C9H8N6O4Se. The minimum atomic E-state index is -0.645. The molecule has 2 rings (SSSR count). The number of hydrogen-bond acceptors (Lipinski definition) is 7. The molecule has 0 saturated carbocycles. The molecule has 1 aromatic heterocycles. The number of nitro benzene ring substituents is 2. The third kappa shape index (κ3) is 3.13. The van der Waals surface area contributed by atoms with Crippen molar-refractivity contribution in [2.45, 2.75) is 5.32 Å². The summed E-state index contributed by atoms with van der Waals surface area (Å²) >= 11 is -0.165. The third-order valence-corrected chi connectivity index (χ3v) is 4.60. The van der Waals surface area contributed by atoms with Gasteiger partial charge in [-0.2, -0.15) is 0 Å². The van der Waals surface area contributed by atoms with E-state index >= 15 is 0 Å². The van der Waals surface area contributed by atoms with E-state index in [2.05, 4.69) is 15.5 Å². The van der Waals surface area contributed by atoms with Gasteiger partial charge in [-0.3, -0.25) is 0 Å². The van der Waals surface area contributed by atoms with Gasteiger partial charge in [-0.05, 0) is 0 Å². The Bertz CT molecular complexity index is 640. The van der Waals surface area contributed by atoms with Gasteiger partial charge in [0.1, 0.15) is 0 Å². The maximum atomic E-state index is 10.8. The van der Waals surface area contributed by atoms with Crippen LogP contribution in [0.5, 0.6) is 0 Å². The number of benzene rings is 1. The summed E-state index contributed by atoms with van der Waals surface area (Å²) in [5, 5.41) is 32.9. The van der Waals surface area contributed by atoms with Crippen LogP contribution in [0.2, 0.25) is 0 Å². The first-order valence-electron chi connectivity index (χ1n) is 5.25. The number of hydrogen-bond donors (Lipinski definition) is 0. The quantitative estimate of drug-likeness (QED) is 0.408. The summed E-state index contributed by atoms with van der Waals surface area (Å²) in [7, 11) is 1.69. The maximum absolute atomic E-state index is 10.8. The van der Waals surface area contributed by atoms with E-state index in [0.717, 1.165) is 6.07 Å². The molecule has 0 fully saturated rings. The molecule has 20 heavy (non-hydrogen) atoms. The van der Waals surface area contributed by atoms with Crippen LogP contribution in [-0.2, 0) is 12.4 Å². The Morgan fingerprint density at radius 2 is 1.80 bits per heavy atom. The fraction of sp³-hybridized carbons (Fsp3) is 0.222. The monoisotopic (exact) mass is 344 g/mol. The predicted octanol–water partition coefficient (Wildman–Crippen LogP) is -0.444. The number of rotatable bonds is 5. The van der Waals surface area contributed by atoms with Crippen LogP contribution < -0.4 is 4.72 Å². The molecule has 0 bridgehead atoms. The molecule has 1 aromatic carbocycles. The predicted molar refractivity (Wildman–Crippen MR) is 67.6 cm³/mol. The number of non-ortho nitro benzene ring substituents is 2. The standard InChI is InChI=1S/C9H8N6O4Se/c1-13-9(10-11-12-13)20-5-6-2-7(14(16)17)4-8(3-6)15(18)19/h2-4H,5H2,1H3. The Labute approximate surface area is 118 Å². The average molecular weight is 343 g/mol. The van der Waals surface area contributed by atoms with Gasteiger partial charge in [0.25, 0.3) is 0 Å². The van der Waals surface area contributed by atoms with Crippen LogP contribution in [0.1, 0.15) is 5.56 Å². The first-order valence-corrected chi connectivity index (χ1v) is 7.32. The molecule has 0 unspecified atom stereocenters. The van der Waals surface area contributed by atoms with Crippen molar-refractivity contribution in [2.75, 3.05) is 0 Å². The molecule has 0 aliphatic rings. The van der Waals surface area contributed by atoms with E-state index in [4.69, 9.17) is 0 Å². The molecule has 0 aliphatic carbocycles. The summed E-state index contributed by atoms with van der Waals surface area (Å²) in [6.07, 6.45) is 0. The van der Waals surface area contributed by atoms with Crippen molar-refractivity contribution < 1.29 is 9.85 Å². The Morgan fingerprint density at radius 3 is 2.25 bits per heavy atom. The van der Waals surface area contributed by atoms with Gasteiger partial charge in [0.2, 0.25) is 0 Å². The van der Waals surface area contributed by atoms with Crippen molar-refractivity contribution in [3.63, 3.8) is 0 Å². The number of aromatic nitrogens is 4. The van der Waals surface area contributed by atoms with Crippen LogP contribution in [0.15, 0.2) is 18.2 Å². The molecule has 0 amide bonds. The van der Waals surface area contributed by atoms with E-state index in [-0.39, 0.29) is 26.3 Å². The summed E-state index contributed by atoms with van der Waals surface area (Å²) in [6.45, 7) is 0. The summed E-state index contributed by atoms with van der Waals surface area (Å²) < 4.78 is 2.16. The number of nitro groups is 2. The molecule has 0 aliphatic heterocycles. The van der Waals surface area contributed by atoms with Gasteiger partial charge in [-0.25, -0.2) is 0 Å². The van der Waals surface area contributed by atoms with E-state index in [1.807, 2.05) is 0 Å². The molecule has 0 radical (unpaired) electrons. The fourth-order valence-corrected chi connectivity index (χ4v) is 3.08. The zero-order valence-corrected chi connectivity index (χ0v) is 11.9. The van der Waals surface area contributed by atoms with Crippen molar-refractivity contribution in [3.05, 3.63) is 44.0 Å². The third-order valence-electron chi connectivity index (χ3n) is 2.33. The zero-order valence-electron chi connectivity index (χ0n) is 10.2. The van der Waals surface area contributed by atoms with Crippen molar-refractivity contribution in [1.29, 1.82) is 0 Å². The number of nitrogens with zero attached hydrogens (tertiary/aromatic N) is 6. The van der Waals surface area contributed by atoms with Gasteiger partial charge in [0.05, 0.1) is 0 Å². The Morgan fingerprint density at radius 1 is 1.20 bits per heavy atom. The van der Waals surface area contributed by atoms with Crippen molar-refractivity contribution >= 4 is 31.1 Å². The van der Waals surface area contributed by atoms with Crippen molar-refractivity contribution in [1.82, 2.24) is 20.2 Å². The Kier molecular flexibility index (Phi) is 4.01. The molecular weight excluding hydrogens is 335 g/mol. The average Bonchev–Trinajstić information content (AvgIpc) is 2.81. The van der Waals surface area contributed by atoms with Crippen LogP contribution in [0.3, 0.4) is 0 Å². The van der Waals surface area contributed by atoms with E-state index < -0.39 is 9.85 Å². The van der Waals surface area contributed by atoms with Gasteiger partial charge >= 0.3 is 117 Å². The second kappa shape index (κ2) is 5.72. The molecule has 0 saturated heterocycles. The van der Waals surface area contributed by atoms with Crippen LogP contribution in [-0.4, -0.2) is 45.0 Å².